The first-order chi connectivity index (χ1) is 6.91. The fourth-order valence-electron chi connectivity index (χ4n) is 1.24. The van der Waals surface area contributed by atoms with E-state index in [2.05, 4.69) is 15.9 Å². The molecular weight excluding hydrogens is 277 g/mol. The van der Waals surface area contributed by atoms with Gasteiger partial charge in [-0.15, -0.1) is 0 Å². The standard InChI is InChI=1S/C9H8BrF3O2/c1-15-8-5(4-14)6(9(11,12)13)2-3-7(8)10/h2-3,14H,4H2,1H3. The molecule has 0 aliphatic carbocycles. The van der Waals surface area contributed by atoms with Gasteiger partial charge in [0.2, 0.25) is 0 Å². The van der Waals surface area contributed by atoms with Crippen molar-refractivity contribution in [1.29, 1.82) is 0 Å². The largest absolute Gasteiger partial charge is 0.495 e. The van der Waals surface area contributed by atoms with Gasteiger partial charge in [0.1, 0.15) is 5.75 Å². The molecule has 0 heterocycles. The fourth-order valence-corrected chi connectivity index (χ4v) is 1.78. The lowest BCUT2D eigenvalue weighted by molar-refractivity contribution is -0.138. The van der Waals surface area contributed by atoms with Gasteiger partial charge in [-0.05, 0) is 28.1 Å². The average Bonchev–Trinajstić information content (AvgIpc) is 2.15. The predicted octanol–water partition coefficient (Wildman–Crippen LogP) is 2.97. The van der Waals surface area contributed by atoms with E-state index in [1.165, 1.54) is 13.2 Å². The second-order valence-corrected chi connectivity index (χ2v) is 3.62. The second-order valence-electron chi connectivity index (χ2n) is 2.76. The average molecular weight is 285 g/mol. The minimum absolute atomic E-state index is 0.00678. The number of benzene rings is 1. The number of aliphatic hydroxyl groups is 1. The molecule has 0 fully saturated rings. The Hall–Kier alpha value is -0.750. The molecule has 0 amide bonds. The quantitative estimate of drug-likeness (QED) is 0.905. The zero-order valence-corrected chi connectivity index (χ0v) is 9.32. The van der Waals surface area contributed by atoms with E-state index >= 15 is 0 Å². The van der Waals surface area contributed by atoms with Crippen molar-refractivity contribution in [2.24, 2.45) is 0 Å². The van der Waals surface area contributed by atoms with Gasteiger partial charge in [0.25, 0.3) is 0 Å². The molecule has 0 saturated carbocycles. The van der Waals surface area contributed by atoms with Crippen LogP contribution in [-0.4, -0.2) is 12.2 Å². The Balaban J connectivity index is 3.42. The zero-order chi connectivity index (χ0) is 11.6. The number of aliphatic hydroxyl groups excluding tert-OH is 1. The van der Waals surface area contributed by atoms with E-state index in [-0.39, 0.29) is 11.3 Å². The predicted molar refractivity (Wildman–Crippen MR) is 51.6 cm³/mol. The van der Waals surface area contributed by atoms with Crippen molar-refractivity contribution in [2.75, 3.05) is 7.11 Å². The van der Waals surface area contributed by atoms with Crippen molar-refractivity contribution in [3.63, 3.8) is 0 Å². The number of ether oxygens (including phenoxy) is 1. The molecule has 0 bridgehead atoms. The minimum atomic E-state index is -4.49. The lowest BCUT2D eigenvalue weighted by atomic mass is 10.1. The normalized spacial score (nSPS) is 11.6. The van der Waals surface area contributed by atoms with Crippen LogP contribution in [0.15, 0.2) is 16.6 Å². The number of alkyl halides is 3. The second kappa shape index (κ2) is 4.40. The molecule has 0 saturated heterocycles. The maximum Gasteiger partial charge on any atom is 0.416 e. The smallest absolute Gasteiger partial charge is 0.416 e. The van der Waals surface area contributed by atoms with Crippen LogP contribution in [0.5, 0.6) is 5.75 Å². The van der Waals surface area contributed by atoms with Crippen molar-refractivity contribution < 1.29 is 23.0 Å². The molecule has 6 heteroatoms. The molecule has 84 valence electrons. The van der Waals surface area contributed by atoms with Gasteiger partial charge >= 0.3 is 6.18 Å². The lowest BCUT2D eigenvalue weighted by Crippen LogP contribution is -2.10. The third-order valence-corrected chi connectivity index (χ3v) is 2.50. The van der Waals surface area contributed by atoms with Crippen LogP contribution >= 0.6 is 15.9 Å². The van der Waals surface area contributed by atoms with Gasteiger partial charge in [0, 0.05) is 5.56 Å². The summed E-state index contributed by atoms with van der Waals surface area (Å²) in [6, 6.07) is 2.14. The van der Waals surface area contributed by atoms with Crippen LogP contribution in [-0.2, 0) is 12.8 Å². The van der Waals surface area contributed by atoms with E-state index in [0.29, 0.717) is 4.47 Å². The molecular formula is C9H8BrF3O2. The molecule has 1 N–H and O–H groups in total. The molecule has 15 heavy (non-hydrogen) atoms. The number of hydrogen-bond acceptors (Lipinski definition) is 2. The van der Waals surface area contributed by atoms with Crippen LogP contribution in [0.1, 0.15) is 11.1 Å². The highest BCUT2D eigenvalue weighted by Crippen LogP contribution is 2.39. The first-order valence-corrected chi connectivity index (χ1v) is 4.74. The Morgan fingerprint density at radius 2 is 2.00 bits per heavy atom. The van der Waals surface area contributed by atoms with Gasteiger partial charge in [-0.25, -0.2) is 0 Å². The van der Waals surface area contributed by atoms with Gasteiger partial charge in [0.15, 0.2) is 0 Å². The molecule has 0 aliphatic rings. The van der Waals surface area contributed by atoms with Crippen molar-refractivity contribution in [2.45, 2.75) is 12.8 Å². The van der Waals surface area contributed by atoms with Gasteiger partial charge in [-0.2, -0.15) is 13.2 Å². The Bertz CT molecular complexity index is 363. The highest BCUT2D eigenvalue weighted by Gasteiger charge is 2.34. The maximum atomic E-state index is 12.5. The lowest BCUT2D eigenvalue weighted by Gasteiger charge is -2.15. The minimum Gasteiger partial charge on any atom is -0.495 e. The van der Waals surface area contributed by atoms with E-state index in [0.717, 1.165) is 6.07 Å². The van der Waals surface area contributed by atoms with Crippen LogP contribution < -0.4 is 4.74 Å². The molecule has 0 aromatic heterocycles. The summed E-state index contributed by atoms with van der Waals surface area (Å²) < 4.78 is 42.7. The van der Waals surface area contributed by atoms with Gasteiger partial charge in [-0.1, -0.05) is 0 Å². The molecule has 2 nitrogen and oxygen atoms in total. The monoisotopic (exact) mass is 284 g/mol. The van der Waals surface area contributed by atoms with Crippen LogP contribution in [0.2, 0.25) is 0 Å². The van der Waals surface area contributed by atoms with Crippen LogP contribution in [0, 0.1) is 0 Å². The van der Waals surface area contributed by atoms with Gasteiger partial charge < -0.3 is 9.84 Å². The molecule has 0 aliphatic heterocycles. The summed E-state index contributed by atoms with van der Waals surface area (Å²) in [5, 5.41) is 8.92. The molecule has 1 aromatic rings. The van der Waals surface area contributed by atoms with Crippen LogP contribution in [0.4, 0.5) is 13.2 Å². The number of rotatable bonds is 2. The van der Waals surface area contributed by atoms with Crippen LogP contribution in [0.25, 0.3) is 0 Å². The number of halogens is 4. The Labute approximate surface area is 92.8 Å². The topological polar surface area (TPSA) is 29.5 Å². The summed E-state index contributed by atoms with van der Waals surface area (Å²) in [5.74, 6) is 0.00678. The van der Waals surface area contributed by atoms with E-state index < -0.39 is 18.3 Å². The summed E-state index contributed by atoms with van der Waals surface area (Å²) in [6.45, 7) is -0.725. The van der Waals surface area contributed by atoms with E-state index in [9.17, 15) is 13.2 Å². The van der Waals surface area contributed by atoms with Gasteiger partial charge in [0.05, 0.1) is 23.8 Å². The Kier molecular flexibility index (Phi) is 3.62. The van der Waals surface area contributed by atoms with Crippen molar-refractivity contribution in [1.82, 2.24) is 0 Å². The summed E-state index contributed by atoms with van der Waals surface area (Å²) in [7, 11) is 1.25. The third kappa shape index (κ3) is 2.43. The fraction of sp³-hybridized carbons (Fsp3) is 0.333. The van der Waals surface area contributed by atoms with Crippen molar-refractivity contribution in [3.8, 4) is 5.75 Å². The number of methoxy groups -OCH3 is 1. The molecule has 1 rings (SSSR count). The van der Waals surface area contributed by atoms with Crippen molar-refractivity contribution in [3.05, 3.63) is 27.7 Å². The molecule has 0 radical (unpaired) electrons. The molecule has 0 atom stereocenters. The summed E-state index contributed by atoms with van der Waals surface area (Å²) >= 11 is 3.05. The van der Waals surface area contributed by atoms with Gasteiger partial charge in [-0.3, -0.25) is 0 Å². The molecule has 0 spiro atoms. The first-order valence-electron chi connectivity index (χ1n) is 3.95. The third-order valence-electron chi connectivity index (χ3n) is 1.88. The SMILES string of the molecule is COc1c(Br)ccc(C(F)(F)F)c1CO. The highest BCUT2D eigenvalue weighted by molar-refractivity contribution is 9.10. The zero-order valence-electron chi connectivity index (χ0n) is 7.73. The van der Waals surface area contributed by atoms with E-state index in [4.69, 9.17) is 9.84 Å². The molecule has 1 aromatic carbocycles. The van der Waals surface area contributed by atoms with Crippen LogP contribution in [0.3, 0.4) is 0 Å². The number of hydrogen-bond donors (Lipinski definition) is 1. The Morgan fingerprint density at radius 3 is 2.40 bits per heavy atom. The Morgan fingerprint density at radius 1 is 1.40 bits per heavy atom. The van der Waals surface area contributed by atoms with E-state index in [1.54, 1.807) is 0 Å². The summed E-state index contributed by atoms with van der Waals surface area (Å²) in [4.78, 5) is 0. The molecule has 0 unspecified atom stereocenters. The summed E-state index contributed by atoms with van der Waals surface area (Å²) in [6.07, 6.45) is -4.49. The highest BCUT2D eigenvalue weighted by atomic mass is 79.9. The van der Waals surface area contributed by atoms with E-state index in [1.807, 2.05) is 0 Å². The summed E-state index contributed by atoms with van der Waals surface area (Å²) in [5.41, 5.74) is -1.15. The van der Waals surface area contributed by atoms with Crippen molar-refractivity contribution >= 4 is 15.9 Å². The maximum absolute atomic E-state index is 12.5. The first kappa shape index (κ1) is 12.3.